The van der Waals surface area contributed by atoms with Gasteiger partial charge >= 0.3 is 0 Å². The number of aryl methyl sites for hydroxylation is 1. The summed E-state index contributed by atoms with van der Waals surface area (Å²) >= 11 is 0. The van der Waals surface area contributed by atoms with Crippen molar-refractivity contribution in [2.24, 2.45) is 5.92 Å². The average Bonchev–Trinajstić information content (AvgIpc) is 3.54. The molecule has 1 aliphatic carbocycles. The van der Waals surface area contributed by atoms with Gasteiger partial charge in [-0.25, -0.2) is 9.97 Å². The van der Waals surface area contributed by atoms with Crippen LogP contribution in [0, 0.1) is 12.8 Å². The molecule has 2 aromatic heterocycles. The molecule has 27 heavy (non-hydrogen) atoms. The van der Waals surface area contributed by atoms with Crippen molar-refractivity contribution in [1.29, 1.82) is 0 Å². The largest absolute Gasteiger partial charge is 0.333 e. The molecule has 0 aliphatic heterocycles. The van der Waals surface area contributed by atoms with Crippen LogP contribution in [0.1, 0.15) is 40.8 Å². The normalized spacial score (nSPS) is 14.6. The highest BCUT2D eigenvalue weighted by atomic mass is 16.2. The quantitative estimate of drug-likeness (QED) is 0.690. The second-order valence-electron chi connectivity index (χ2n) is 7.00. The van der Waals surface area contributed by atoms with Crippen LogP contribution < -0.4 is 0 Å². The lowest BCUT2D eigenvalue weighted by Gasteiger charge is -2.28. The van der Waals surface area contributed by atoms with Crippen LogP contribution in [0.2, 0.25) is 0 Å². The summed E-state index contributed by atoms with van der Waals surface area (Å²) in [6, 6.07) is 15.6. The lowest BCUT2D eigenvalue weighted by atomic mass is 10.0. The Morgan fingerprint density at radius 2 is 1.81 bits per heavy atom. The fourth-order valence-electron chi connectivity index (χ4n) is 3.48. The van der Waals surface area contributed by atoms with Crippen molar-refractivity contribution in [3.8, 4) is 11.3 Å². The molecule has 0 saturated heterocycles. The van der Waals surface area contributed by atoms with Crippen molar-refractivity contribution in [3.63, 3.8) is 0 Å². The second-order valence-corrected chi connectivity index (χ2v) is 7.00. The van der Waals surface area contributed by atoms with Crippen molar-refractivity contribution in [3.05, 3.63) is 78.0 Å². The molecule has 0 N–H and O–H groups in total. The van der Waals surface area contributed by atoms with E-state index >= 15 is 0 Å². The van der Waals surface area contributed by atoms with Gasteiger partial charge < -0.3 is 4.90 Å². The summed E-state index contributed by atoms with van der Waals surface area (Å²) in [5.41, 5.74) is 3.05. The molecule has 1 atom stereocenters. The van der Waals surface area contributed by atoms with Gasteiger partial charge in [0.25, 0.3) is 5.91 Å². The maximum atomic E-state index is 13.4. The molecule has 0 spiro atoms. The molecule has 0 bridgehead atoms. The van der Waals surface area contributed by atoms with E-state index in [1.807, 2.05) is 62.5 Å². The van der Waals surface area contributed by atoms with Crippen LogP contribution in [0.15, 0.2) is 60.9 Å². The Labute approximate surface area is 159 Å². The van der Waals surface area contributed by atoms with Gasteiger partial charge in [-0.3, -0.25) is 9.78 Å². The summed E-state index contributed by atoms with van der Waals surface area (Å²) in [5, 5.41) is 0. The lowest BCUT2D eigenvalue weighted by molar-refractivity contribution is 0.0707. The first kappa shape index (κ1) is 17.3. The van der Waals surface area contributed by atoms with E-state index in [4.69, 9.17) is 0 Å². The summed E-state index contributed by atoms with van der Waals surface area (Å²) in [6.07, 6.45) is 5.67. The fraction of sp³-hybridized carbons (Fsp3) is 0.273. The van der Waals surface area contributed by atoms with Crippen LogP contribution in [0.25, 0.3) is 11.3 Å². The predicted octanol–water partition coefficient (Wildman–Crippen LogP) is 4.07. The van der Waals surface area contributed by atoms with E-state index in [0.717, 1.165) is 24.1 Å². The van der Waals surface area contributed by atoms with E-state index in [-0.39, 0.29) is 11.9 Å². The second kappa shape index (κ2) is 7.27. The monoisotopic (exact) mass is 358 g/mol. The molecule has 1 amide bonds. The first-order valence-electron chi connectivity index (χ1n) is 9.22. The summed E-state index contributed by atoms with van der Waals surface area (Å²) in [5.74, 6) is 1.04. The Hall–Kier alpha value is -3.08. The van der Waals surface area contributed by atoms with Crippen molar-refractivity contribution in [2.45, 2.75) is 25.8 Å². The van der Waals surface area contributed by atoms with Gasteiger partial charge in [-0.05, 0) is 37.8 Å². The van der Waals surface area contributed by atoms with Gasteiger partial charge in [-0.15, -0.1) is 0 Å². The SMILES string of the molecule is Cc1ncc(C(=O)N(C)[C@@H](c2ccccn2)C2CC2)c(-c2ccccc2)n1. The minimum Gasteiger partial charge on any atom is -0.333 e. The molecular formula is C22H22N4O. The third-order valence-electron chi connectivity index (χ3n) is 4.98. The Balaban J connectivity index is 1.72. The van der Waals surface area contributed by atoms with Gasteiger partial charge in [0, 0.05) is 25.0 Å². The third kappa shape index (κ3) is 3.58. The van der Waals surface area contributed by atoms with E-state index in [9.17, 15) is 4.79 Å². The number of carbonyl (C=O) groups excluding carboxylic acids is 1. The van der Waals surface area contributed by atoms with Crippen molar-refractivity contribution in [2.75, 3.05) is 7.05 Å². The van der Waals surface area contributed by atoms with Gasteiger partial charge in [-0.2, -0.15) is 0 Å². The number of hydrogen-bond donors (Lipinski definition) is 0. The van der Waals surface area contributed by atoms with E-state index in [0.29, 0.717) is 23.0 Å². The van der Waals surface area contributed by atoms with Crippen LogP contribution >= 0.6 is 0 Å². The Kier molecular flexibility index (Phi) is 4.67. The number of pyridine rings is 1. The molecule has 1 aliphatic rings. The van der Waals surface area contributed by atoms with Crippen molar-refractivity contribution < 1.29 is 4.79 Å². The summed E-state index contributed by atoms with van der Waals surface area (Å²) in [7, 11) is 1.86. The lowest BCUT2D eigenvalue weighted by Crippen LogP contribution is -2.33. The molecule has 2 heterocycles. The Morgan fingerprint density at radius 3 is 2.48 bits per heavy atom. The van der Waals surface area contributed by atoms with E-state index < -0.39 is 0 Å². The molecule has 0 unspecified atom stereocenters. The number of amides is 1. The van der Waals surface area contributed by atoms with Crippen LogP contribution in [-0.4, -0.2) is 32.8 Å². The molecule has 1 aromatic carbocycles. The van der Waals surface area contributed by atoms with Gasteiger partial charge in [0.15, 0.2) is 0 Å². The maximum absolute atomic E-state index is 13.4. The smallest absolute Gasteiger partial charge is 0.257 e. The number of carbonyl (C=O) groups is 1. The molecule has 0 radical (unpaired) electrons. The fourth-order valence-corrected chi connectivity index (χ4v) is 3.48. The molecular weight excluding hydrogens is 336 g/mol. The number of rotatable bonds is 5. The van der Waals surface area contributed by atoms with E-state index in [2.05, 4.69) is 15.0 Å². The summed E-state index contributed by atoms with van der Waals surface area (Å²) < 4.78 is 0. The number of hydrogen-bond acceptors (Lipinski definition) is 4. The van der Waals surface area contributed by atoms with E-state index in [1.165, 1.54) is 0 Å². The zero-order chi connectivity index (χ0) is 18.8. The maximum Gasteiger partial charge on any atom is 0.257 e. The average molecular weight is 358 g/mol. The topological polar surface area (TPSA) is 59.0 Å². The van der Waals surface area contributed by atoms with Crippen LogP contribution in [-0.2, 0) is 0 Å². The molecule has 5 nitrogen and oxygen atoms in total. The van der Waals surface area contributed by atoms with Gasteiger partial charge in [0.05, 0.1) is 23.0 Å². The highest BCUT2D eigenvalue weighted by Gasteiger charge is 2.38. The van der Waals surface area contributed by atoms with Gasteiger partial charge in [0.1, 0.15) is 5.82 Å². The Morgan fingerprint density at radius 1 is 1.07 bits per heavy atom. The van der Waals surface area contributed by atoms with Crippen LogP contribution in [0.5, 0.6) is 0 Å². The Bertz CT molecular complexity index is 939. The number of benzene rings is 1. The summed E-state index contributed by atoms with van der Waals surface area (Å²) in [4.78, 5) is 28.6. The minimum atomic E-state index is -0.0728. The standard InChI is InChI=1S/C22H22N4O/c1-15-24-14-18(20(25-15)16-8-4-3-5-9-16)22(27)26(2)21(17-11-12-17)19-10-6-7-13-23-19/h3-10,13-14,17,21H,11-12H2,1-2H3/t21-/m1/s1. The number of aromatic nitrogens is 3. The third-order valence-corrected chi connectivity index (χ3v) is 4.98. The predicted molar refractivity (Wildman–Crippen MR) is 104 cm³/mol. The molecule has 3 aromatic rings. The van der Waals surface area contributed by atoms with E-state index in [1.54, 1.807) is 17.3 Å². The zero-order valence-corrected chi connectivity index (χ0v) is 15.5. The highest BCUT2D eigenvalue weighted by Crippen LogP contribution is 2.44. The molecule has 5 heteroatoms. The minimum absolute atomic E-state index is 0.0244. The summed E-state index contributed by atoms with van der Waals surface area (Å²) in [6.45, 7) is 1.84. The molecule has 4 rings (SSSR count). The van der Waals surface area contributed by atoms with Crippen molar-refractivity contribution in [1.82, 2.24) is 19.9 Å². The van der Waals surface area contributed by atoms with Crippen LogP contribution in [0.4, 0.5) is 0 Å². The first-order valence-corrected chi connectivity index (χ1v) is 9.22. The molecule has 136 valence electrons. The number of nitrogens with zero attached hydrogens (tertiary/aromatic N) is 4. The first-order chi connectivity index (χ1) is 13.1. The van der Waals surface area contributed by atoms with Crippen LogP contribution in [0.3, 0.4) is 0 Å². The molecule has 1 fully saturated rings. The van der Waals surface area contributed by atoms with Gasteiger partial charge in [-0.1, -0.05) is 36.4 Å². The molecule has 1 saturated carbocycles. The van der Waals surface area contributed by atoms with Crippen molar-refractivity contribution >= 4 is 5.91 Å². The van der Waals surface area contributed by atoms with Gasteiger partial charge in [0.2, 0.25) is 0 Å². The highest BCUT2D eigenvalue weighted by molar-refractivity contribution is 5.99. The zero-order valence-electron chi connectivity index (χ0n) is 15.5.